The summed E-state index contributed by atoms with van der Waals surface area (Å²) in [5.74, 6) is 0. The molecule has 0 saturated heterocycles. The maximum Gasteiger partial charge on any atom is 0.241 e. The fraction of sp³-hybridized carbons (Fsp3) is 0. The molecule has 0 radical (unpaired) electrons. The molecule has 7 heavy (non-hydrogen) atoms. The number of H-pyrrole nitrogens is 1. The summed E-state index contributed by atoms with van der Waals surface area (Å²) in [4.78, 5) is 0. The van der Waals surface area contributed by atoms with E-state index in [2.05, 4.69) is 41.8 Å². The van der Waals surface area contributed by atoms with Gasteiger partial charge in [-0.15, -0.1) is 10.2 Å². The van der Waals surface area contributed by atoms with Gasteiger partial charge >= 0.3 is 0 Å². The molecule has 0 aliphatic rings. The maximum absolute atomic E-state index is 3.64. The van der Waals surface area contributed by atoms with Crippen LogP contribution in [0.2, 0.25) is 0 Å². The zero-order valence-corrected chi connectivity index (χ0v) is 6.10. The van der Waals surface area contributed by atoms with Crippen LogP contribution < -0.4 is 0 Å². The first-order valence-electron chi connectivity index (χ1n) is 1.45. The molecule has 1 aromatic rings. The summed E-state index contributed by atoms with van der Waals surface area (Å²) in [6.07, 6.45) is 0. The first-order valence-corrected chi connectivity index (χ1v) is 4.81. The molecule has 0 fully saturated rings. The predicted octanol–water partition coefficient (Wildman–Crippen LogP) is 0.642. The van der Waals surface area contributed by atoms with Crippen LogP contribution in [0, 0.1) is 0 Å². The smallest absolute Gasteiger partial charge is 0.176 e. The number of nitrogens with one attached hydrogen (secondary N) is 1. The molecule has 0 unspecified atom stereocenters. The summed E-state index contributed by atoms with van der Waals surface area (Å²) in [6.45, 7) is 0. The van der Waals surface area contributed by atoms with Crippen LogP contribution >= 0.6 is 30.1 Å². The summed E-state index contributed by atoms with van der Waals surface area (Å²) in [5, 5.41) is 13.6. The number of nitrogens with zero attached hydrogens (tertiary/aromatic N) is 3. The number of halogens is 1. The van der Waals surface area contributed by atoms with Crippen molar-refractivity contribution in [2.75, 3.05) is 0 Å². The number of aromatic amines is 1. The van der Waals surface area contributed by atoms with Crippen LogP contribution in [0.3, 0.4) is 0 Å². The van der Waals surface area contributed by atoms with E-state index in [1.807, 2.05) is 0 Å². The second-order valence-electron chi connectivity index (χ2n) is 0.772. The van der Waals surface area contributed by atoms with Gasteiger partial charge in [0.05, 0.1) is 0 Å². The van der Waals surface area contributed by atoms with E-state index in [1.165, 1.54) is 8.93 Å². The minimum Gasteiger partial charge on any atom is -0.176 e. The van der Waals surface area contributed by atoms with Crippen molar-refractivity contribution in [3.05, 3.63) is 0 Å². The Morgan fingerprint density at radius 2 is 2.57 bits per heavy atom. The molecule has 0 aromatic carbocycles. The molecule has 0 bridgehead atoms. The first-order chi connectivity index (χ1) is 3.43. The van der Waals surface area contributed by atoms with E-state index in [4.69, 9.17) is 0 Å². The molecular formula is CHIN4S. The Bertz CT molecular complexity index is 126. The van der Waals surface area contributed by atoms with E-state index in [0.29, 0.717) is 5.16 Å². The van der Waals surface area contributed by atoms with Gasteiger partial charge in [0.2, 0.25) is 5.16 Å². The number of tetrazole rings is 1. The third kappa shape index (κ3) is 1.27. The van der Waals surface area contributed by atoms with Crippen molar-refractivity contribution in [2.45, 2.75) is 5.16 Å². The zero-order valence-electron chi connectivity index (χ0n) is 3.13. The van der Waals surface area contributed by atoms with E-state index < -0.39 is 0 Å². The minimum atomic E-state index is 0.667. The SMILES string of the molecule is ISc1nn[nH]n1. The normalized spacial score (nSPS) is 9.29. The van der Waals surface area contributed by atoms with Gasteiger partial charge in [-0.05, 0) is 14.1 Å². The number of aromatic nitrogens is 4. The Hall–Kier alpha value is 0.150. The van der Waals surface area contributed by atoms with E-state index in [9.17, 15) is 0 Å². The average molecular weight is 228 g/mol. The van der Waals surface area contributed by atoms with E-state index in [1.54, 1.807) is 0 Å². The molecule has 0 spiro atoms. The van der Waals surface area contributed by atoms with E-state index in [-0.39, 0.29) is 0 Å². The van der Waals surface area contributed by atoms with Gasteiger partial charge in [0, 0.05) is 21.2 Å². The third-order valence-electron chi connectivity index (χ3n) is 0.395. The monoisotopic (exact) mass is 228 g/mol. The fourth-order valence-electron chi connectivity index (χ4n) is 0.185. The number of rotatable bonds is 1. The molecule has 38 valence electrons. The lowest BCUT2D eigenvalue weighted by molar-refractivity contribution is 0.881. The van der Waals surface area contributed by atoms with Crippen molar-refractivity contribution >= 4 is 30.1 Å². The quantitative estimate of drug-likeness (QED) is 0.716. The summed E-state index contributed by atoms with van der Waals surface area (Å²) >= 11 is 2.08. The Kier molecular flexibility index (Phi) is 1.86. The minimum absolute atomic E-state index is 0.667. The highest BCUT2D eigenvalue weighted by atomic mass is 127. The summed E-state index contributed by atoms with van der Waals surface area (Å²) in [7, 11) is 1.43. The van der Waals surface area contributed by atoms with E-state index >= 15 is 0 Å². The van der Waals surface area contributed by atoms with Crippen molar-refractivity contribution < 1.29 is 0 Å². The standard InChI is InChI=1S/CHIN4S/c2-7-1-3-5-6-4-1/h(H,3,4,5,6). The fourth-order valence-corrected chi connectivity index (χ4v) is 0.892. The number of hydrogen-bond acceptors (Lipinski definition) is 4. The van der Waals surface area contributed by atoms with Crippen molar-refractivity contribution in [2.24, 2.45) is 0 Å². The van der Waals surface area contributed by atoms with Crippen LogP contribution in [0.4, 0.5) is 0 Å². The van der Waals surface area contributed by atoms with Crippen LogP contribution in [-0.4, -0.2) is 20.6 Å². The number of hydrogen-bond donors (Lipinski definition) is 1. The molecule has 1 heterocycles. The third-order valence-corrected chi connectivity index (χ3v) is 1.89. The predicted molar refractivity (Wildman–Crippen MR) is 34.1 cm³/mol. The maximum atomic E-state index is 3.64. The van der Waals surface area contributed by atoms with E-state index in [0.717, 1.165) is 0 Å². The zero-order chi connectivity index (χ0) is 5.11. The Labute approximate surface area is 56.0 Å². The van der Waals surface area contributed by atoms with Gasteiger partial charge in [0.1, 0.15) is 0 Å². The Morgan fingerprint density at radius 3 is 2.86 bits per heavy atom. The van der Waals surface area contributed by atoms with Crippen molar-refractivity contribution in [1.29, 1.82) is 0 Å². The average Bonchev–Trinajstić information content (AvgIpc) is 2.14. The highest BCUT2D eigenvalue weighted by Crippen LogP contribution is 2.17. The largest absolute Gasteiger partial charge is 0.241 e. The summed E-state index contributed by atoms with van der Waals surface area (Å²) in [6, 6.07) is 0. The van der Waals surface area contributed by atoms with Gasteiger partial charge in [-0.25, -0.2) is 0 Å². The lowest BCUT2D eigenvalue weighted by Gasteiger charge is -1.69. The molecule has 1 aromatic heterocycles. The van der Waals surface area contributed by atoms with Crippen LogP contribution in [0.1, 0.15) is 0 Å². The van der Waals surface area contributed by atoms with Gasteiger partial charge in [-0.3, -0.25) is 0 Å². The highest BCUT2D eigenvalue weighted by Gasteiger charge is 1.90. The topological polar surface area (TPSA) is 54.5 Å². The second-order valence-corrected chi connectivity index (χ2v) is 2.61. The van der Waals surface area contributed by atoms with Crippen LogP contribution in [0.15, 0.2) is 5.16 Å². The molecule has 0 saturated carbocycles. The van der Waals surface area contributed by atoms with Crippen molar-refractivity contribution in [1.82, 2.24) is 20.6 Å². The molecule has 0 aliphatic heterocycles. The van der Waals surface area contributed by atoms with Gasteiger partial charge in [-0.1, -0.05) is 0 Å². The van der Waals surface area contributed by atoms with Crippen molar-refractivity contribution in [3.63, 3.8) is 0 Å². The Morgan fingerprint density at radius 1 is 1.71 bits per heavy atom. The highest BCUT2D eigenvalue weighted by molar-refractivity contribution is 14.2. The molecular weight excluding hydrogens is 227 g/mol. The molecule has 1 N–H and O–H groups in total. The Balaban J connectivity index is 2.76. The molecule has 4 nitrogen and oxygen atoms in total. The van der Waals surface area contributed by atoms with Gasteiger partial charge < -0.3 is 0 Å². The van der Waals surface area contributed by atoms with Gasteiger partial charge in [-0.2, -0.15) is 5.21 Å². The second kappa shape index (κ2) is 2.46. The van der Waals surface area contributed by atoms with Crippen molar-refractivity contribution in [3.8, 4) is 0 Å². The van der Waals surface area contributed by atoms with Crippen LogP contribution in [0.5, 0.6) is 0 Å². The molecule has 0 atom stereocenters. The summed E-state index contributed by atoms with van der Waals surface area (Å²) < 4.78 is 0. The van der Waals surface area contributed by atoms with Crippen LogP contribution in [0.25, 0.3) is 0 Å². The first kappa shape index (κ1) is 5.29. The lowest BCUT2D eigenvalue weighted by atomic mass is 11.4. The lowest BCUT2D eigenvalue weighted by Crippen LogP contribution is -1.65. The van der Waals surface area contributed by atoms with Crippen LogP contribution in [-0.2, 0) is 0 Å². The van der Waals surface area contributed by atoms with Gasteiger partial charge in [0.25, 0.3) is 0 Å². The van der Waals surface area contributed by atoms with Gasteiger partial charge in [0.15, 0.2) is 0 Å². The summed E-state index contributed by atoms with van der Waals surface area (Å²) in [5.41, 5.74) is 0. The molecule has 6 heteroatoms. The molecule has 1 rings (SSSR count). The molecule has 0 amide bonds. The molecule has 0 aliphatic carbocycles.